The molecule has 2 aromatic carbocycles. The van der Waals surface area contributed by atoms with Gasteiger partial charge in [0.2, 0.25) is 0 Å². The second-order valence-electron chi connectivity index (χ2n) is 6.21. The zero-order valence-corrected chi connectivity index (χ0v) is 15.0. The molecule has 1 unspecified atom stereocenters. The van der Waals surface area contributed by atoms with Gasteiger partial charge in [-0.1, -0.05) is 52.3 Å². The van der Waals surface area contributed by atoms with Gasteiger partial charge in [-0.25, -0.2) is 0 Å². The summed E-state index contributed by atoms with van der Waals surface area (Å²) in [5.41, 5.74) is 11.0. The normalized spacial score (nSPS) is 14.9. The average molecular weight is 370 g/mol. The highest BCUT2D eigenvalue weighted by molar-refractivity contribution is 7.20. The van der Waals surface area contributed by atoms with Crippen molar-refractivity contribution in [2.24, 2.45) is 5.11 Å². The largest absolute Gasteiger partial charge is 0.476 e. The summed E-state index contributed by atoms with van der Waals surface area (Å²) in [6.45, 7) is 0.221. The first kappa shape index (κ1) is 16.3. The molecule has 1 aromatic heterocycles. The summed E-state index contributed by atoms with van der Waals surface area (Å²) in [6.07, 6.45) is 2.23. The van der Waals surface area contributed by atoms with E-state index in [1.165, 1.54) is 28.5 Å². The molecule has 1 aliphatic rings. The Morgan fingerprint density at radius 2 is 2.12 bits per heavy atom. The SMILES string of the molecule is [N-]=[N+]=NCC(Oc1cc2ccc(C3CC3)cc2s1)c1cccc(Cl)c1. The van der Waals surface area contributed by atoms with Crippen LogP contribution < -0.4 is 4.74 Å². The van der Waals surface area contributed by atoms with Crippen LogP contribution in [0.5, 0.6) is 5.06 Å². The lowest BCUT2D eigenvalue weighted by atomic mass is 10.1. The molecule has 25 heavy (non-hydrogen) atoms. The molecule has 0 aliphatic heterocycles. The maximum absolute atomic E-state index is 8.66. The van der Waals surface area contributed by atoms with Crippen molar-refractivity contribution in [2.75, 3.05) is 6.54 Å². The highest BCUT2D eigenvalue weighted by atomic mass is 35.5. The maximum atomic E-state index is 8.66. The molecule has 1 aliphatic carbocycles. The van der Waals surface area contributed by atoms with Gasteiger partial charge in [-0.15, -0.1) is 0 Å². The maximum Gasteiger partial charge on any atom is 0.175 e. The summed E-state index contributed by atoms with van der Waals surface area (Å²) in [4.78, 5) is 2.86. The molecule has 1 heterocycles. The van der Waals surface area contributed by atoms with Crippen molar-refractivity contribution in [3.05, 3.63) is 75.1 Å². The van der Waals surface area contributed by atoms with E-state index in [1.54, 1.807) is 11.3 Å². The van der Waals surface area contributed by atoms with Crippen molar-refractivity contribution in [3.8, 4) is 5.06 Å². The van der Waals surface area contributed by atoms with Gasteiger partial charge in [0, 0.05) is 14.6 Å². The Balaban J connectivity index is 1.62. The van der Waals surface area contributed by atoms with E-state index >= 15 is 0 Å². The summed E-state index contributed by atoms with van der Waals surface area (Å²) < 4.78 is 7.38. The van der Waals surface area contributed by atoms with Crippen LogP contribution in [0, 0.1) is 0 Å². The summed E-state index contributed by atoms with van der Waals surface area (Å²) in [5, 5.41) is 6.33. The molecule has 6 heteroatoms. The lowest BCUT2D eigenvalue weighted by molar-refractivity contribution is 0.221. The Bertz CT molecular complexity index is 960. The number of halogens is 1. The lowest BCUT2D eigenvalue weighted by Gasteiger charge is -2.16. The second-order valence-corrected chi connectivity index (χ2v) is 7.69. The number of ether oxygens (including phenoxy) is 1. The van der Waals surface area contributed by atoms with Crippen LogP contribution in [0.15, 0.2) is 53.6 Å². The van der Waals surface area contributed by atoms with E-state index in [4.69, 9.17) is 21.9 Å². The van der Waals surface area contributed by atoms with Crippen molar-refractivity contribution in [2.45, 2.75) is 24.9 Å². The number of azide groups is 1. The van der Waals surface area contributed by atoms with E-state index in [-0.39, 0.29) is 12.6 Å². The Kier molecular flexibility index (Phi) is 4.53. The summed E-state index contributed by atoms with van der Waals surface area (Å²) in [5.74, 6) is 0.736. The molecule has 0 saturated heterocycles. The van der Waals surface area contributed by atoms with Crippen LogP contribution in [0.4, 0.5) is 0 Å². The number of thiophene rings is 1. The number of benzene rings is 2. The smallest absolute Gasteiger partial charge is 0.175 e. The molecule has 0 radical (unpaired) electrons. The molecule has 0 N–H and O–H groups in total. The van der Waals surface area contributed by atoms with Crippen molar-refractivity contribution in [1.29, 1.82) is 0 Å². The van der Waals surface area contributed by atoms with Gasteiger partial charge in [0.25, 0.3) is 0 Å². The van der Waals surface area contributed by atoms with Crippen molar-refractivity contribution >= 4 is 33.0 Å². The summed E-state index contributed by atoms with van der Waals surface area (Å²) in [6, 6.07) is 16.2. The molecular formula is C19H16ClN3OS. The minimum Gasteiger partial charge on any atom is -0.476 e. The first-order valence-electron chi connectivity index (χ1n) is 8.19. The number of hydrogen-bond donors (Lipinski definition) is 0. The van der Waals surface area contributed by atoms with Gasteiger partial charge in [0.15, 0.2) is 5.06 Å². The van der Waals surface area contributed by atoms with Gasteiger partial charge in [-0.05, 0) is 65.1 Å². The first-order chi connectivity index (χ1) is 12.2. The summed E-state index contributed by atoms with van der Waals surface area (Å²) >= 11 is 7.71. The average Bonchev–Trinajstić information content (AvgIpc) is 3.38. The van der Waals surface area contributed by atoms with E-state index in [2.05, 4.69) is 28.2 Å². The number of fused-ring (bicyclic) bond motifs is 1. The Morgan fingerprint density at radius 1 is 1.24 bits per heavy atom. The fourth-order valence-corrected chi connectivity index (χ4v) is 4.13. The molecule has 3 aromatic rings. The lowest BCUT2D eigenvalue weighted by Crippen LogP contribution is -2.10. The van der Waals surface area contributed by atoms with Crippen LogP contribution in [0.3, 0.4) is 0 Å². The number of rotatable bonds is 6. The van der Waals surface area contributed by atoms with Gasteiger partial charge in [-0.3, -0.25) is 0 Å². The van der Waals surface area contributed by atoms with Crippen LogP contribution in [0.1, 0.15) is 36.0 Å². The Morgan fingerprint density at radius 3 is 2.88 bits per heavy atom. The standard InChI is InChI=1S/C19H16ClN3OS/c20-16-3-1-2-14(8-16)17(11-22-23-21)24-19-10-15-7-6-13(12-4-5-12)9-18(15)25-19/h1-3,6-10,12,17H,4-5,11H2. The topological polar surface area (TPSA) is 58.0 Å². The first-order valence-corrected chi connectivity index (χ1v) is 9.39. The molecule has 126 valence electrons. The van der Waals surface area contributed by atoms with Crippen molar-refractivity contribution < 1.29 is 4.74 Å². The van der Waals surface area contributed by atoms with Gasteiger partial charge >= 0.3 is 0 Å². The predicted molar refractivity (Wildman–Crippen MR) is 103 cm³/mol. The minimum atomic E-state index is -0.356. The Hall–Kier alpha value is -2.20. The van der Waals surface area contributed by atoms with Gasteiger partial charge in [0.1, 0.15) is 6.10 Å². The van der Waals surface area contributed by atoms with Gasteiger partial charge in [0.05, 0.1) is 6.54 Å². The third-order valence-electron chi connectivity index (χ3n) is 4.36. The number of hydrogen-bond acceptors (Lipinski definition) is 3. The number of nitrogens with zero attached hydrogens (tertiary/aromatic N) is 3. The molecule has 1 fully saturated rings. The van der Waals surface area contributed by atoms with E-state index < -0.39 is 0 Å². The van der Waals surface area contributed by atoms with E-state index in [0.717, 1.165) is 16.5 Å². The molecular weight excluding hydrogens is 354 g/mol. The third kappa shape index (κ3) is 3.74. The van der Waals surface area contributed by atoms with E-state index in [1.807, 2.05) is 30.3 Å². The van der Waals surface area contributed by atoms with E-state index in [9.17, 15) is 0 Å². The fraction of sp³-hybridized carbons (Fsp3) is 0.263. The second kappa shape index (κ2) is 6.96. The van der Waals surface area contributed by atoms with Crippen LogP contribution in [-0.2, 0) is 0 Å². The van der Waals surface area contributed by atoms with Crippen LogP contribution in [-0.4, -0.2) is 6.54 Å². The van der Waals surface area contributed by atoms with Crippen LogP contribution >= 0.6 is 22.9 Å². The molecule has 0 bridgehead atoms. The summed E-state index contributed by atoms with van der Waals surface area (Å²) in [7, 11) is 0. The monoisotopic (exact) mass is 369 g/mol. The third-order valence-corrected chi connectivity index (χ3v) is 5.58. The van der Waals surface area contributed by atoms with Gasteiger partial charge < -0.3 is 4.74 Å². The molecule has 4 nitrogen and oxygen atoms in total. The van der Waals surface area contributed by atoms with Crippen LogP contribution in [0.25, 0.3) is 20.5 Å². The molecule has 0 spiro atoms. The predicted octanol–water partition coefficient (Wildman–Crippen LogP) is 6.86. The zero-order valence-electron chi connectivity index (χ0n) is 13.4. The highest BCUT2D eigenvalue weighted by Crippen LogP contribution is 2.43. The van der Waals surface area contributed by atoms with Crippen molar-refractivity contribution in [1.82, 2.24) is 0 Å². The Labute approximate surface area is 154 Å². The van der Waals surface area contributed by atoms with E-state index in [0.29, 0.717) is 5.02 Å². The van der Waals surface area contributed by atoms with Crippen molar-refractivity contribution in [3.63, 3.8) is 0 Å². The zero-order chi connectivity index (χ0) is 17.2. The highest BCUT2D eigenvalue weighted by Gasteiger charge is 2.24. The molecule has 0 amide bonds. The molecule has 4 rings (SSSR count). The minimum absolute atomic E-state index is 0.221. The quantitative estimate of drug-likeness (QED) is 0.266. The van der Waals surface area contributed by atoms with Crippen LogP contribution in [0.2, 0.25) is 5.02 Å². The molecule has 1 saturated carbocycles. The fourth-order valence-electron chi connectivity index (χ4n) is 2.92. The van der Waals surface area contributed by atoms with Gasteiger partial charge in [-0.2, -0.15) is 0 Å². The molecule has 1 atom stereocenters.